The predicted octanol–water partition coefficient (Wildman–Crippen LogP) is 3.17. The summed E-state index contributed by atoms with van der Waals surface area (Å²) in [5.41, 5.74) is 7.42. The quantitative estimate of drug-likeness (QED) is 0.924. The first-order valence-electron chi connectivity index (χ1n) is 5.59. The zero-order chi connectivity index (χ0) is 13.1. The highest BCUT2D eigenvalue weighted by atomic mass is 35.5. The summed E-state index contributed by atoms with van der Waals surface area (Å²) in [6.07, 6.45) is 4.98. The average Bonchev–Trinajstić information content (AvgIpc) is 2.32. The van der Waals surface area contributed by atoms with Gasteiger partial charge >= 0.3 is 0 Å². The van der Waals surface area contributed by atoms with E-state index in [1.165, 1.54) is 6.20 Å². The number of rotatable bonds is 3. The molecule has 2 aromatic rings. The molecule has 0 radical (unpaired) electrons. The minimum atomic E-state index is 0.0943. The van der Waals surface area contributed by atoms with Gasteiger partial charge in [0.25, 0.3) is 0 Å². The van der Waals surface area contributed by atoms with Gasteiger partial charge in [0.05, 0.1) is 17.3 Å². The van der Waals surface area contributed by atoms with E-state index < -0.39 is 0 Å². The summed E-state index contributed by atoms with van der Waals surface area (Å²) in [6, 6.07) is 3.64. The molecular formula is C13H14ClN3O. The van der Waals surface area contributed by atoms with E-state index in [1.807, 2.05) is 19.9 Å². The van der Waals surface area contributed by atoms with Crippen LogP contribution >= 0.6 is 11.6 Å². The molecule has 5 heteroatoms. The van der Waals surface area contributed by atoms with Gasteiger partial charge in [-0.25, -0.2) is 4.98 Å². The molecule has 2 rings (SSSR count). The summed E-state index contributed by atoms with van der Waals surface area (Å²) >= 11 is 5.92. The van der Waals surface area contributed by atoms with Gasteiger partial charge in [-0.2, -0.15) is 0 Å². The van der Waals surface area contributed by atoms with E-state index in [4.69, 9.17) is 22.1 Å². The average molecular weight is 264 g/mol. The molecule has 0 aromatic carbocycles. The molecule has 0 aliphatic rings. The largest absolute Gasteiger partial charge is 0.489 e. The summed E-state index contributed by atoms with van der Waals surface area (Å²) in [6.45, 7) is 3.92. The second-order valence-corrected chi connectivity index (χ2v) is 4.60. The van der Waals surface area contributed by atoms with Gasteiger partial charge < -0.3 is 10.5 Å². The maximum absolute atomic E-state index is 5.92. The summed E-state index contributed by atoms with van der Waals surface area (Å²) in [5, 5.41) is 0.536. The number of pyridine rings is 2. The summed E-state index contributed by atoms with van der Waals surface area (Å²) < 4.78 is 5.59. The molecule has 0 amide bonds. The number of halogens is 1. The molecule has 4 nitrogen and oxygen atoms in total. The number of nitrogens with zero attached hydrogens (tertiary/aromatic N) is 2. The fourth-order valence-corrected chi connectivity index (χ4v) is 1.74. The Kier molecular flexibility index (Phi) is 3.67. The number of nitrogens with two attached hydrogens (primary N) is 1. The highest BCUT2D eigenvalue weighted by molar-refractivity contribution is 6.30. The molecule has 2 heterocycles. The smallest absolute Gasteiger partial charge is 0.138 e. The first-order chi connectivity index (χ1) is 8.56. The number of anilines is 1. The number of hydrogen-bond donors (Lipinski definition) is 1. The summed E-state index contributed by atoms with van der Waals surface area (Å²) in [5.74, 6) is 1.12. The Bertz CT molecular complexity index is 558. The fourth-order valence-electron chi connectivity index (χ4n) is 1.58. The Morgan fingerprint density at radius 3 is 2.72 bits per heavy atom. The molecule has 0 fully saturated rings. The lowest BCUT2D eigenvalue weighted by atomic mass is 10.1. The third-order valence-electron chi connectivity index (χ3n) is 2.28. The van der Waals surface area contributed by atoms with E-state index in [2.05, 4.69) is 9.97 Å². The van der Waals surface area contributed by atoms with Crippen LogP contribution < -0.4 is 10.5 Å². The van der Waals surface area contributed by atoms with Gasteiger partial charge in [-0.15, -0.1) is 0 Å². The second-order valence-electron chi connectivity index (χ2n) is 4.16. The van der Waals surface area contributed by atoms with E-state index in [1.54, 1.807) is 18.5 Å². The molecule has 18 heavy (non-hydrogen) atoms. The molecule has 94 valence electrons. The summed E-state index contributed by atoms with van der Waals surface area (Å²) in [7, 11) is 0. The third-order valence-corrected chi connectivity index (χ3v) is 2.49. The fraction of sp³-hybridized carbons (Fsp3) is 0.231. The van der Waals surface area contributed by atoms with Crippen LogP contribution in [0, 0.1) is 0 Å². The lowest BCUT2D eigenvalue weighted by Crippen LogP contribution is -2.05. The van der Waals surface area contributed by atoms with E-state index >= 15 is 0 Å². The predicted molar refractivity (Wildman–Crippen MR) is 72.7 cm³/mol. The molecule has 0 saturated carbocycles. The van der Waals surface area contributed by atoms with Gasteiger partial charge in [0, 0.05) is 23.5 Å². The molecule has 0 unspecified atom stereocenters. The number of nitrogen functional groups attached to an aromatic ring is 1. The van der Waals surface area contributed by atoms with E-state index in [0.29, 0.717) is 16.6 Å². The van der Waals surface area contributed by atoms with Crippen LogP contribution in [0.15, 0.2) is 30.7 Å². The standard InChI is InChI=1S/C13H14ClN3O/c1-8(2)18-11-3-9(5-16-7-11)12-4-10(14)6-17-13(12)15/h3-8H,1-2H3,(H2,15,17). The Morgan fingerprint density at radius 1 is 1.22 bits per heavy atom. The lowest BCUT2D eigenvalue weighted by molar-refractivity contribution is 0.241. The molecular weight excluding hydrogens is 250 g/mol. The van der Waals surface area contributed by atoms with Crippen molar-refractivity contribution in [3.8, 4) is 16.9 Å². The van der Waals surface area contributed by atoms with Gasteiger partial charge in [-0.05, 0) is 26.0 Å². The Morgan fingerprint density at radius 2 is 2.00 bits per heavy atom. The van der Waals surface area contributed by atoms with Crippen molar-refractivity contribution in [2.75, 3.05) is 5.73 Å². The molecule has 2 N–H and O–H groups in total. The molecule has 0 atom stereocenters. The van der Waals surface area contributed by atoms with Crippen molar-refractivity contribution in [3.63, 3.8) is 0 Å². The molecule has 0 bridgehead atoms. The van der Waals surface area contributed by atoms with Gasteiger partial charge in [-0.3, -0.25) is 4.98 Å². The zero-order valence-corrected chi connectivity index (χ0v) is 11.0. The first-order valence-corrected chi connectivity index (χ1v) is 5.97. The van der Waals surface area contributed by atoms with Crippen LogP contribution in [0.2, 0.25) is 5.02 Å². The van der Waals surface area contributed by atoms with Crippen molar-refractivity contribution in [2.45, 2.75) is 20.0 Å². The van der Waals surface area contributed by atoms with Gasteiger partial charge in [0.15, 0.2) is 0 Å². The van der Waals surface area contributed by atoms with Gasteiger partial charge in [0.2, 0.25) is 0 Å². The van der Waals surface area contributed by atoms with Gasteiger partial charge in [-0.1, -0.05) is 11.6 Å². The van der Waals surface area contributed by atoms with Crippen molar-refractivity contribution in [1.29, 1.82) is 0 Å². The van der Waals surface area contributed by atoms with E-state index in [9.17, 15) is 0 Å². The number of aromatic nitrogens is 2. The van der Waals surface area contributed by atoms with Crippen LogP contribution in [0.25, 0.3) is 11.1 Å². The highest BCUT2D eigenvalue weighted by Gasteiger charge is 2.07. The first kappa shape index (κ1) is 12.6. The Balaban J connectivity index is 2.41. The van der Waals surface area contributed by atoms with Crippen LogP contribution in [0.4, 0.5) is 5.82 Å². The molecule has 0 saturated heterocycles. The zero-order valence-electron chi connectivity index (χ0n) is 10.2. The maximum atomic E-state index is 5.92. The molecule has 0 aliphatic heterocycles. The van der Waals surface area contributed by atoms with Crippen molar-refractivity contribution >= 4 is 17.4 Å². The Labute approximate surface area is 111 Å². The van der Waals surface area contributed by atoms with Crippen LogP contribution in [0.5, 0.6) is 5.75 Å². The van der Waals surface area contributed by atoms with Crippen LogP contribution in [0.1, 0.15) is 13.8 Å². The van der Waals surface area contributed by atoms with E-state index in [0.717, 1.165) is 11.1 Å². The van der Waals surface area contributed by atoms with Gasteiger partial charge in [0.1, 0.15) is 11.6 Å². The SMILES string of the molecule is CC(C)Oc1cncc(-c2cc(Cl)cnc2N)c1. The highest BCUT2D eigenvalue weighted by Crippen LogP contribution is 2.28. The van der Waals surface area contributed by atoms with Crippen LogP contribution in [-0.4, -0.2) is 16.1 Å². The number of ether oxygens (including phenoxy) is 1. The maximum Gasteiger partial charge on any atom is 0.138 e. The second kappa shape index (κ2) is 5.23. The molecule has 0 aliphatic carbocycles. The topological polar surface area (TPSA) is 61.0 Å². The van der Waals surface area contributed by atoms with Crippen molar-refractivity contribution in [3.05, 3.63) is 35.7 Å². The van der Waals surface area contributed by atoms with E-state index in [-0.39, 0.29) is 6.10 Å². The minimum Gasteiger partial charge on any atom is -0.489 e. The Hall–Kier alpha value is -1.81. The third kappa shape index (κ3) is 2.90. The van der Waals surface area contributed by atoms with Crippen LogP contribution in [-0.2, 0) is 0 Å². The lowest BCUT2D eigenvalue weighted by Gasteiger charge is -2.11. The van der Waals surface area contributed by atoms with Crippen LogP contribution in [0.3, 0.4) is 0 Å². The van der Waals surface area contributed by atoms with Crippen molar-refractivity contribution < 1.29 is 4.74 Å². The normalized spacial score (nSPS) is 10.7. The minimum absolute atomic E-state index is 0.0943. The molecule has 0 spiro atoms. The monoisotopic (exact) mass is 263 g/mol. The molecule has 2 aromatic heterocycles. The van der Waals surface area contributed by atoms with Crippen molar-refractivity contribution in [2.24, 2.45) is 0 Å². The summed E-state index contributed by atoms with van der Waals surface area (Å²) in [4.78, 5) is 8.16. The van der Waals surface area contributed by atoms with Crippen molar-refractivity contribution in [1.82, 2.24) is 9.97 Å². The number of hydrogen-bond acceptors (Lipinski definition) is 4.